The van der Waals surface area contributed by atoms with E-state index in [0.717, 1.165) is 5.56 Å². The molecule has 4 nitrogen and oxygen atoms in total. The summed E-state index contributed by atoms with van der Waals surface area (Å²) in [5.41, 5.74) is 1.03. The van der Waals surface area contributed by atoms with E-state index in [1.54, 1.807) is 12.4 Å². The third-order valence-electron chi connectivity index (χ3n) is 2.39. The van der Waals surface area contributed by atoms with Crippen molar-refractivity contribution in [1.82, 2.24) is 15.3 Å². The molecule has 0 radical (unpaired) electrons. The van der Waals surface area contributed by atoms with E-state index >= 15 is 0 Å². The fraction of sp³-hybridized carbons (Fsp3) is 0.615. The summed E-state index contributed by atoms with van der Waals surface area (Å²) in [5.74, 6) is 0.450. The Hall–Kier alpha value is -1.45. The van der Waals surface area contributed by atoms with Crippen LogP contribution in [0.2, 0.25) is 0 Å². The van der Waals surface area contributed by atoms with Crippen molar-refractivity contribution in [2.75, 3.05) is 6.54 Å². The van der Waals surface area contributed by atoms with Gasteiger partial charge >= 0.3 is 0 Å². The number of hydrogen-bond acceptors (Lipinski definition) is 3. The molecular formula is C13H21N3O. The molecule has 4 heteroatoms. The first-order valence-corrected chi connectivity index (χ1v) is 5.91. The summed E-state index contributed by atoms with van der Waals surface area (Å²) < 4.78 is 0. The van der Waals surface area contributed by atoms with Gasteiger partial charge in [0.2, 0.25) is 5.82 Å². The van der Waals surface area contributed by atoms with E-state index in [1.165, 1.54) is 0 Å². The van der Waals surface area contributed by atoms with Gasteiger partial charge in [0.05, 0.1) is 0 Å². The van der Waals surface area contributed by atoms with Crippen LogP contribution < -0.4 is 5.32 Å². The molecule has 0 unspecified atom stereocenters. The third-order valence-corrected chi connectivity index (χ3v) is 2.39. The molecule has 94 valence electrons. The topological polar surface area (TPSA) is 54.9 Å². The SMILES string of the molecule is CC(C)CNC(=O)c1ncc(C(C)(C)C)cn1. The smallest absolute Gasteiger partial charge is 0.289 e. The van der Waals surface area contributed by atoms with Gasteiger partial charge in [-0.2, -0.15) is 0 Å². The van der Waals surface area contributed by atoms with Crippen LogP contribution in [0.1, 0.15) is 50.8 Å². The third kappa shape index (κ3) is 4.13. The Balaban J connectivity index is 2.71. The van der Waals surface area contributed by atoms with Crippen molar-refractivity contribution in [2.45, 2.75) is 40.0 Å². The minimum atomic E-state index is -0.209. The molecular weight excluding hydrogens is 214 g/mol. The molecule has 0 aromatic carbocycles. The standard InChI is InChI=1S/C13H21N3O/c1-9(2)6-16-12(17)11-14-7-10(8-15-11)13(3,4)5/h7-9H,6H2,1-5H3,(H,16,17). The molecule has 0 saturated carbocycles. The molecule has 0 aliphatic rings. The van der Waals surface area contributed by atoms with Crippen LogP contribution in [-0.2, 0) is 5.41 Å². The van der Waals surface area contributed by atoms with Gasteiger partial charge in [0.15, 0.2) is 0 Å². The molecule has 1 N–H and O–H groups in total. The van der Waals surface area contributed by atoms with E-state index in [1.807, 2.05) is 13.8 Å². The van der Waals surface area contributed by atoms with Crippen molar-refractivity contribution < 1.29 is 4.79 Å². The van der Waals surface area contributed by atoms with Gasteiger partial charge < -0.3 is 5.32 Å². The molecule has 0 saturated heterocycles. The maximum Gasteiger partial charge on any atom is 0.289 e. The number of aromatic nitrogens is 2. The molecule has 1 aromatic heterocycles. The molecule has 0 aliphatic heterocycles. The Morgan fingerprint density at radius 1 is 1.29 bits per heavy atom. The lowest BCUT2D eigenvalue weighted by molar-refractivity contribution is 0.0938. The first kappa shape index (κ1) is 13.6. The number of carbonyl (C=O) groups is 1. The summed E-state index contributed by atoms with van der Waals surface area (Å²) in [6.45, 7) is 11.0. The average molecular weight is 235 g/mol. The van der Waals surface area contributed by atoms with Gasteiger partial charge in [0.25, 0.3) is 5.91 Å². The van der Waals surface area contributed by atoms with Crippen molar-refractivity contribution in [3.8, 4) is 0 Å². The van der Waals surface area contributed by atoms with E-state index in [2.05, 4.69) is 36.1 Å². The van der Waals surface area contributed by atoms with Crippen molar-refractivity contribution in [1.29, 1.82) is 0 Å². The van der Waals surface area contributed by atoms with Crippen LogP contribution in [0.25, 0.3) is 0 Å². The number of nitrogens with zero attached hydrogens (tertiary/aromatic N) is 2. The van der Waals surface area contributed by atoms with Gasteiger partial charge in [0.1, 0.15) is 0 Å². The van der Waals surface area contributed by atoms with Gasteiger partial charge in [-0.3, -0.25) is 4.79 Å². The molecule has 17 heavy (non-hydrogen) atoms. The van der Waals surface area contributed by atoms with Gasteiger partial charge in [-0.05, 0) is 16.9 Å². The lowest BCUT2D eigenvalue weighted by Crippen LogP contribution is -2.29. The van der Waals surface area contributed by atoms with E-state index in [0.29, 0.717) is 12.5 Å². The Morgan fingerprint density at radius 2 is 1.82 bits per heavy atom. The first-order chi connectivity index (χ1) is 7.80. The molecule has 1 amide bonds. The number of amides is 1. The normalized spacial score (nSPS) is 11.6. The fourth-order valence-corrected chi connectivity index (χ4v) is 1.21. The minimum Gasteiger partial charge on any atom is -0.349 e. The van der Waals surface area contributed by atoms with Crippen molar-refractivity contribution in [3.63, 3.8) is 0 Å². The Labute approximate surface area is 103 Å². The summed E-state index contributed by atoms with van der Waals surface area (Å²) in [4.78, 5) is 19.9. The highest BCUT2D eigenvalue weighted by atomic mass is 16.2. The van der Waals surface area contributed by atoms with Crippen LogP contribution in [0.3, 0.4) is 0 Å². The molecule has 1 rings (SSSR count). The molecule has 0 fully saturated rings. The van der Waals surface area contributed by atoms with Gasteiger partial charge in [-0.25, -0.2) is 9.97 Å². The Kier molecular flexibility index (Phi) is 4.21. The van der Waals surface area contributed by atoms with Crippen LogP contribution in [0.15, 0.2) is 12.4 Å². The summed E-state index contributed by atoms with van der Waals surface area (Å²) >= 11 is 0. The van der Waals surface area contributed by atoms with Gasteiger partial charge in [-0.15, -0.1) is 0 Å². The fourth-order valence-electron chi connectivity index (χ4n) is 1.21. The zero-order chi connectivity index (χ0) is 13.1. The maximum absolute atomic E-state index is 11.7. The van der Waals surface area contributed by atoms with E-state index < -0.39 is 0 Å². The second kappa shape index (κ2) is 5.25. The highest BCUT2D eigenvalue weighted by molar-refractivity contribution is 5.90. The number of carbonyl (C=O) groups excluding carboxylic acids is 1. The highest BCUT2D eigenvalue weighted by Gasteiger charge is 2.16. The molecule has 1 aromatic rings. The lowest BCUT2D eigenvalue weighted by Gasteiger charge is -2.17. The molecule has 0 spiro atoms. The first-order valence-electron chi connectivity index (χ1n) is 5.91. The Morgan fingerprint density at radius 3 is 2.24 bits per heavy atom. The van der Waals surface area contributed by atoms with Gasteiger partial charge in [-0.1, -0.05) is 34.6 Å². The monoisotopic (exact) mass is 235 g/mol. The Bertz CT molecular complexity index is 377. The predicted molar refractivity (Wildman–Crippen MR) is 67.9 cm³/mol. The number of hydrogen-bond donors (Lipinski definition) is 1. The zero-order valence-corrected chi connectivity index (χ0v) is 11.2. The largest absolute Gasteiger partial charge is 0.349 e. The quantitative estimate of drug-likeness (QED) is 0.873. The summed E-state index contributed by atoms with van der Waals surface area (Å²) in [5, 5.41) is 2.79. The van der Waals surface area contributed by atoms with Crippen molar-refractivity contribution >= 4 is 5.91 Å². The predicted octanol–water partition coefficient (Wildman–Crippen LogP) is 2.16. The van der Waals surface area contributed by atoms with E-state index in [4.69, 9.17) is 0 Å². The molecule has 0 atom stereocenters. The molecule has 0 aliphatic carbocycles. The second-order valence-corrected chi connectivity index (χ2v) is 5.65. The highest BCUT2D eigenvalue weighted by Crippen LogP contribution is 2.19. The van der Waals surface area contributed by atoms with Crippen LogP contribution in [-0.4, -0.2) is 22.4 Å². The van der Waals surface area contributed by atoms with Crippen LogP contribution in [0.5, 0.6) is 0 Å². The minimum absolute atomic E-state index is 0.00688. The lowest BCUT2D eigenvalue weighted by atomic mass is 9.89. The summed E-state index contributed by atoms with van der Waals surface area (Å²) in [6.07, 6.45) is 3.44. The molecule has 0 bridgehead atoms. The van der Waals surface area contributed by atoms with E-state index in [-0.39, 0.29) is 17.1 Å². The summed E-state index contributed by atoms with van der Waals surface area (Å²) in [6, 6.07) is 0. The average Bonchev–Trinajstić information content (AvgIpc) is 2.25. The van der Waals surface area contributed by atoms with E-state index in [9.17, 15) is 4.79 Å². The van der Waals surface area contributed by atoms with Crippen LogP contribution in [0.4, 0.5) is 0 Å². The maximum atomic E-state index is 11.7. The molecule has 1 heterocycles. The van der Waals surface area contributed by atoms with Gasteiger partial charge in [0, 0.05) is 18.9 Å². The summed E-state index contributed by atoms with van der Waals surface area (Å²) in [7, 11) is 0. The van der Waals surface area contributed by atoms with Crippen LogP contribution in [0, 0.1) is 5.92 Å². The van der Waals surface area contributed by atoms with Crippen LogP contribution >= 0.6 is 0 Å². The van der Waals surface area contributed by atoms with Crippen molar-refractivity contribution in [2.24, 2.45) is 5.92 Å². The number of rotatable bonds is 3. The number of nitrogens with one attached hydrogen (secondary N) is 1. The second-order valence-electron chi connectivity index (χ2n) is 5.65. The zero-order valence-electron chi connectivity index (χ0n) is 11.2. The van der Waals surface area contributed by atoms with Crippen molar-refractivity contribution in [3.05, 3.63) is 23.8 Å².